The van der Waals surface area contributed by atoms with Crippen molar-refractivity contribution in [3.63, 3.8) is 0 Å². The predicted octanol–water partition coefficient (Wildman–Crippen LogP) is 3.53. The molecule has 0 atom stereocenters. The molecule has 0 spiro atoms. The second-order valence-corrected chi connectivity index (χ2v) is 5.84. The molecule has 0 aliphatic rings. The summed E-state index contributed by atoms with van der Waals surface area (Å²) < 4.78 is 6.32. The van der Waals surface area contributed by atoms with Gasteiger partial charge < -0.3 is 15.0 Å². The second-order valence-electron chi connectivity index (χ2n) is 4.92. The molecular weight excluding hydrogens is 344 g/mol. The lowest BCUT2D eigenvalue weighted by atomic mass is 10.2. The van der Waals surface area contributed by atoms with Crippen LogP contribution in [0.25, 0.3) is 0 Å². The third kappa shape index (κ3) is 4.49. The van der Waals surface area contributed by atoms with Crippen molar-refractivity contribution in [3.05, 3.63) is 58.6 Å². The molecule has 2 aromatic rings. The lowest BCUT2D eigenvalue weighted by Gasteiger charge is -2.19. The quantitative estimate of drug-likeness (QED) is 0.854. The summed E-state index contributed by atoms with van der Waals surface area (Å²) in [6, 6.07) is 15.4. The fourth-order valence-corrected chi connectivity index (χ4v) is 2.32. The summed E-state index contributed by atoms with van der Waals surface area (Å²) in [6.07, 6.45) is 0. The number of rotatable bonds is 6. The number of hydrogen-bond acceptors (Lipinski definition) is 3. The minimum atomic E-state index is 0.0221. The number of halogens is 1. The largest absolute Gasteiger partial charge is 0.496 e. The van der Waals surface area contributed by atoms with Gasteiger partial charge in [0.15, 0.2) is 0 Å². The highest BCUT2D eigenvalue weighted by Crippen LogP contribution is 2.19. The van der Waals surface area contributed by atoms with E-state index < -0.39 is 0 Å². The summed E-state index contributed by atoms with van der Waals surface area (Å²) in [5.41, 5.74) is 1.91. The zero-order valence-corrected chi connectivity index (χ0v) is 14.3. The van der Waals surface area contributed by atoms with Crippen LogP contribution in [0.5, 0.6) is 5.75 Å². The monoisotopic (exact) mass is 362 g/mol. The molecule has 0 heterocycles. The van der Waals surface area contributed by atoms with E-state index in [-0.39, 0.29) is 12.5 Å². The molecule has 1 amide bonds. The zero-order valence-electron chi connectivity index (χ0n) is 12.7. The van der Waals surface area contributed by atoms with Crippen molar-refractivity contribution < 1.29 is 9.53 Å². The lowest BCUT2D eigenvalue weighted by molar-refractivity contribution is -0.128. The van der Waals surface area contributed by atoms with Gasteiger partial charge in [-0.25, -0.2) is 0 Å². The first kappa shape index (κ1) is 16.4. The van der Waals surface area contributed by atoms with Crippen LogP contribution in [0.2, 0.25) is 0 Å². The Bertz CT molecular complexity index is 629. The summed E-state index contributed by atoms with van der Waals surface area (Å²) in [7, 11) is 3.42. The molecular formula is C17H19BrN2O2. The summed E-state index contributed by atoms with van der Waals surface area (Å²) in [6.45, 7) is 0.776. The molecule has 116 valence electrons. The topological polar surface area (TPSA) is 41.6 Å². The minimum Gasteiger partial charge on any atom is -0.496 e. The number of amides is 1. The Hall–Kier alpha value is -2.01. The number of ether oxygens (including phenoxy) is 1. The van der Waals surface area contributed by atoms with E-state index in [1.807, 2.05) is 48.5 Å². The number of methoxy groups -OCH3 is 1. The Balaban J connectivity index is 1.90. The smallest absolute Gasteiger partial charge is 0.241 e. The minimum absolute atomic E-state index is 0.0221. The molecule has 0 aliphatic heterocycles. The Morgan fingerprint density at radius 3 is 2.55 bits per heavy atom. The van der Waals surface area contributed by atoms with Gasteiger partial charge in [0.25, 0.3) is 0 Å². The SMILES string of the molecule is COc1ccccc1CN(C)C(=O)CNc1ccc(Br)cc1. The summed E-state index contributed by atoms with van der Waals surface area (Å²) in [5, 5.41) is 3.12. The van der Waals surface area contributed by atoms with Crippen LogP contribution in [0.3, 0.4) is 0 Å². The average molecular weight is 363 g/mol. The Kier molecular flexibility index (Phi) is 5.83. The van der Waals surface area contributed by atoms with Crippen LogP contribution in [0.1, 0.15) is 5.56 Å². The molecule has 0 unspecified atom stereocenters. The van der Waals surface area contributed by atoms with Gasteiger partial charge in [0.1, 0.15) is 5.75 Å². The van der Waals surface area contributed by atoms with E-state index in [4.69, 9.17) is 4.74 Å². The second kappa shape index (κ2) is 7.84. The van der Waals surface area contributed by atoms with Crippen LogP contribution in [0, 0.1) is 0 Å². The maximum atomic E-state index is 12.2. The first-order valence-corrected chi connectivity index (χ1v) is 7.74. The Morgan fingerprint density at radius 2 is 1.86 bits per heavy atom. The number of carbonyl (C=O) groups is 1. The van der Waals surface area contributed by atoms with Crippen LogP contribution < -0.4 is 10.1 Å². The van der Waals surface area contributed by atoms with E-state index in [9.17, 15) is 4.79 Å². The van der Waals surface area contributed by atoms with Gasteiger partial charge in [0.2, 0.25) is 5.91 Å². The van der Waals surface area contributed by atoms with E-state index in [2.05, 4.69) is 21.2 Å². The van der Waals surface area contributed by atoms with E-state index in [1.165, 1.54) is 0 Å². The normalized spacial score (nSPS) is 10.1. The number of hydrogen-bond donors (Lipinski definition) is 1. The van der Waals surface area contributed by atoms with Gasteiger partial charge in [-0.15, -0.1) is 0 Å². The number of para-hydroxylation sites is 1. The third-order valence-corrected chi connectivity index (χ3v) is 3.84. The van der Waals surface area contributed by atoms with E-state index in [0.717, 1.165) is 21.5 Å². The van der Waals surface area contributed by atoms with E-state index in [1.54, 1.807) is 19.1 Å². The summed E-state index contributed by atoms with van der Waals surface area (Å²) in [5.74, 6) is 0.817. The number of nitrogens with zero attached hydrogens (tertiary/aromatic N) is 1. The van der Waals surface area contributed by atoms with Gasteiger partial charge in [-0.1, -0.05) is 34.1 Å². The van der Waals surface area contributed by atoms with E-state index in [0.29, 0.717) is 6.54 Å². The Morgan fingerprint density at radius 1 is 1.18 bits per heavy atom. The van der Waals surface area contributed by atoms with Crippen LogP contribution in [0.15, 0.2) is 53.0 Å². The number of benzene rings is 2. The predicted molar refractivity (Wildman–Crippen MR) is 92.1 cm³/mol. The maximum Gasteiger partial charge on any atom is 0.241 e. The highest BCUT2D eigenvalue weighted by Gasteiger charge is 2.11. The highest BCUT2D eigenvalue weighted by atomic mass is 79.9. The molecule has 4 nitrogen and oxygen atoms in total. The molecule has 2 aromatic carbocycles. The molecule has 0 bridgehead atoms. The first-order valence-electron chi connectivity index (χ1n) is 6.95. The van der Waals surface area contributed by atoms with Gasteiger partial charge in [-0.3, -0.25) is 4.79 Å². The zero-order chi connectivity index (χ0) is 15.9. The fraction of sp³-hybridized carbons (Fsp3) is 0.235. The summed E-state index contributed by atoms with van der Waals surface area (Å²) >= 11 is 3.38. The number of likely N-dealkylation sites (N-methyl/N-ethyl adjacent to an activating group) is 1. The molecule has 5 heteroatoms. The number of nitrogens with one attached hydrogen (secondary N) is 1. The molecule has 1 N–H and O–H groups in total. The van der Waals surface area contributed by atoms with Crippen LogP contribution >= 0.6 is 15.9 Å². The highest BCUT2D eigenvalue weighted by molar-refractivity contribution is 9.10. The molecule has 0 saturated carbocycles. The van der Waals surface area contributed by atoms with Crippen molar-refractivity contribution in [2.24, 2.45) is 0 Å². The van der Waals surface area contributed by atoms with Crippen molar-refractivity contribution in [1.82, 2.24) is 4.90 Å². The van der Waals surface area contributed by atoms with Crippen molar-refractivity contribution in [2.75, 3.05) is 26.0 Å². The van der Waals surface area contributed by atoms with Crippen molar-refractivity contribution in [3.8, 4) is 5.75 Å². The number of anilines is 1. The molecule has 0 saturated heterocycles. The van der Waals surface area contributed by atoms with Crippen molar-refractivity contribution in [1.29, 1.82) is 0 Å². The van der Waals surface area contributed by atoms with Gasteiger partial charge in [0, 0.05) is 29.3 Å². The molecule has 0 radical (unpaired) electrons. The fourth-order valence-electron chi connectivity index (χ4n) is 2.06. The summed E-state index contributed by atoms with van der Waals surface area (Å²) in [4.78, 5) is 13.9. The van der Waals surface area contributed by atoms with Crippen LogP contribution in [-0.2, 0) is 11.3 Å². The molecule has 0 aromatic heterocycles. The van der Waals surface area contributed by atoms with Crippen molar-refractivity contribution >= 4 is 27.5 Å². The third-order valence-electron chi connectivity index (χ3n) is 3.31. The van der Waals surface area contributed by atoms with Gasteiger partial charge in [-0.05, 0) is 30.3 Å². The van der Waals surface area contributed by atoms with E-state index >= 15 is 0 Å². The number of carbonyl (C=O) groups excluding carboxylic acids is 1. The van der Waals surface area contributed by atoms with Crippen LogP contribution in [-0.4, -0.2) is 31.5 Å². The van der Waals surface area contributed by atoms with Crippen molar-refractivity contribution in [2.45, 2.75) is 6.54 Å². The average Bonchev–Trinajstić information content (AvgIpc) is 2.54. The first-order chi connectivity index (χ1) is 10.6. The molecule has 2 rings (SSSR count). The van der Waals surface area contributed by atoms with Gasteiger partial charge in [-0.2, -0.15) is 0 Å². The maximum absolute atomic E-state index is 12.2. The molecule has 22 heavy (non-hydrogen) atoms. The standard InChI is InChI=1S/C17H19BrN2O2/c1-20(12-13-5-3-4-6-16(13)22-2)17(21)11-19-15-9-7-14(18)8-10-15/h3-10,19H,11-12H2,1-2H3. The van der Waals surface area contributed by atoms with Gasteiger partial charge in [0.05, 0.1) is 13.7 Å². The lowest BCUT2D eigenvalue weighted by Crippen LogP contribution is -2.31. The van der Waals surface area contributed by atoms with Gasteiger partial charge >= 0.3 is 0 Å². The Labute approximate surface area is 139 Å². The molecule has 0 aliphatic carbocycles. The molecule has 0 fully saturated rings. The van der Waals surface area contributed by atoms with Crippen LogP contribution in [0.4, 0.5) is 5.69 Å².